The minimum absolute atomic E-state index is 0.145. The third-order valence-corrected chi connectivity index (χ3v) is 7.59. The first-order chi connectivity index (χ1) is 18.7. The predicted octanol–water partition coefficient (Wildman–Crippen LogP) is 6.71. The van der Waals surface area contributed by atoms with Crippen LogP contribution in [0, 0.1) is 6.92 Å². The van der Waals surface area contributed by atoms with Crippen LogP contribution in [0.25, 0.3) is 11.1 Å². The molecule has 1 aliphatic rings. The van der Waals surface area contributed by atoms with Crippen LogP contribution in [0.2, 0.25) is 0 Å². The first-order valence-electron chi connectivity index (χ1n) is 13.0. The largest absolute Gasteiger partial charge is 0.416 e. The van der Waals surface area contributed by atoms with E-state index in [1.165, 1.54) is 25.8 Å². The molecule has 214 valence electrons. The van der Waals surface area contributed by atoms with Gasteiger partial charge in [-0.2, -0.15) is 13.2 Å². The quantitative estimate of drug-likeness (QED) is 0.315. The van der Waals surface area contributed by atoms with Crippen molar-refractivity contribution in [1.29, 1.82) is 0 Å². The molecule has 0 radical (unpaired) electrons. The van der Waals surface area contributed by atoms with E-state index < -0.39 is 35.1 Å². The molecule has 0 bridgehead atoms. The van der Waals surface area contributed by atoms with E-state index >= 15 is 0 Å². The molecule has 0 aliphatic carbocycles. The normalized spacial score (nSPS) is 15.0. The first-order valence-corrected chi connectivity index (χ1v) is 13.0. The van der Waals surface area contributed by atoms with Gasteiger partial charge in [-0.3, -0.25) is 4.79 Å². The number of alkyl halides is 5. The Morgan fingerprint density at radius 1 is 0.950 bits per heavy atom. The summed E-state index contributed by atoms with van der Waals surface area (Å²) in [6.07, 6.45) is -6.37. The molecule has 3 aromatic rings. The summed E-state index contributed by atoms with van der Waals surface area (Å²) in [5.41, 5.74) is -0.648. The molecule has 2 aromatic carbocycles. The van der Waals surface area contributed by atoms with Gasteiger partial charge in [0.05, 0.1) is 22.9 Å². The van der Waals surface area contributed by atoms with E-state index in [0.29, 0.717) is 11.8 Å². The van der Waals surface area contributed by atoms with Crippen molar-refractivity contribution in [2.45, 2.75) is 38.8 Å². The van der Waals surface area contributed by atoms with Crippen molar-refractivity contribution in [3.8, 4) is 11.1 Å². The number of carbonyl (C=O) groups excluding carboxylic acids is 1. The highest BCUT2D eigenvalue weighted by molar-refractivity contribution is 6.03. The summed E-state index contributed by atoms with van der Waals surface area (Å²) in [6, 6.07) is 11.8. The molecule has 1 aliphatic heterocycles. The lowest BCUT2D eigenvalue weighted by molar-refractivity contribution is -0.138. The maximum absolute atomic E-state index is 13.9. The molecule has 4 rings (SSSR count). The predicted molar refractivity (Wildman–Crippen MR) is 147 cm³/mol. The van der Waals surface area contributed by atoms with Gasteiger partial charge in [-0.25, -0.2) is 13.8 Å². The number of piperazine rings is 1. The summed E-state index contributed by atoms with van der Waals surface area (Å²) >= 11 is 0. The summed E-state index contributed by atoms with van der Waals surface area (Å²) in [7, 11) is 3.59. The number of amides is 1. The molecule has 0 atom stereocenters. The molecule has 0 spiro atoms. The van der Waals surface area contributed by atoms with E-state index in [4.69, 9.17) is 0 Å². The van der Waals surface area contributed by atoms with Crippen LogP contribution in [0.3, 0.4) is 0 Å². The topological polar surface area (TPSA) is 39.7 Å². The van der Waals surface area contributed by atoms with Crippen molar-refractivity contribution < 1.29 is 26.7 Å². The Balaban J connectivity index is 1.78. The number of anilines is 2. The second kappa shape index (κ2) is 11.2. The van der Waals surface area contributed by atoms with Crippen LogP contribution >= 0.6 is 0 Å². The summed E-state index contributed by atoms with van der Waals surface area (Å²) in [4.78, 5) is 24.3. The minimum Gasteiger partial charge on any atom is -0.354 e. The maximum atomic E-state index is 13.9. The molecular formula is C30H33F5N4O. The van der Waals surface area contributed by atoms with Gasteiger partial charge in [0, 0.05) is 44.4 Å². The molecule has 2 heterocycles. The molecule has 1 fully saturated rings. The molecule has 1 saturated heterocycles. The van der Waals surface area contributed by atoms with Crippen LogP contribution in [0.4, 0.5) is 33.5 Å². The summed E-state index contributed by atoms with van der Waals surface area (Å²) in [5, 5.41) is 0. The van der Waals surface area contributed by atoms with Gasteiger partial charge in [0.2, 0.25) is 5.91 Å². The van der Waals surface area contributed by atoms with Crippen molar-refractivity contribution in [3.05, 3.63) is 77.0 Å². The van der Waals surface area contributed by atoms with E-state index in [-0.39, 0.29) is 5.56 Å². The van der Waals surface area contributed by atoms with Crippen LogP contribution in [0.5, 0.6) is 0 Å². The summed E-state index contributed by atoms with van der Waals surface area (Å²) < 4.78 is 67.8. The Hall–Kier alpha value is -3.53. The van der Waals surface area contributed by atoms with Gasteiger partial charge in [-0.15, -0.1) is 0 Å². The van der Waals surface area contributed by atoms with E-state index in [9.17, 15) is 26.7 Å². The summed E-state index contributed by atoms with van der Waals surface area (Å²) in [5.74, 6) is 0.200. The summed E-state index contributed by atoms with van der Waals surface area (Å²) in [6.45, 7) is 8.18. The van der Waals surface area contributed by atoms with Gasteiger partial charge in [0.1, 0.15) is 5.82 Å². The van der Waals surface area contributed by atoms with Crippen LogP contribution in [0.1, 0.15) is 42.5 Å². The number of rotatable bonds is 6. The van der Waals surface area contributed by atoms with E-state index in [2.05, 4.69) is 21.8 Å². The number of aromatic nitrogens is 1. The zero-order chi connectivity index (χ0) is 29.4. The van der Waals surface area contributed by atoms with Gasteiger partial charge in [-0.1, -0.05) is 24.3 Å². The number of nitrogens with zero attached hydrogens (tertiary/aromatic N) is 4. The molecule has 5 nitrogen and oxygen atoms in total. The average Bonchev–Trinajstić information content (AvgIpc) is 2.92. The van der Waals surface area contributed by atoms with Crippen LogP contribution in [-0.4, -0.2) is 56.1 Å². The molecule has 0 unspecified atom stereocenters. The lowest BCUT2D eigenvalue weighted by atomic mass is 9.81. The number of hydrogen-bond acceptors (Lipinski definition) is 4. The highest BCUT2D eigenvalue weighted by atomic mass is 19.4. The zero-order valence-electron chi connectivity index (χ0n) is 23.2. The molecule has 40 heavy (non-hydrogen) atoms. The fourth-order valence-corrected chi connectivity index (χ4v) is 4.96. The third-order valence-electron chi connectivity index (χ3n) is 7.59. The first kappa shape index (κ1) is 29.5. The van der Waals surface area contributed by atoms with Crippen molar-refractivity contribution in [3.63, 3.8) is 0 Å². The van der Waals surface area contributed by atoms with Crippen LogP contribution in [0.15, 0.2) is 54.7 Å². The van der Waals surface area contributed by atoms with E-state index in [1.54, 1.807) is 6.20 Å². The lowest BCUT2D eigenvalue weighted by Gasteiger charge is -2.34. The molecule has 1 amide bonds. The van der Waals surface area contributed by atoms with Gasteiger partial charge in [0.25, 0.3) is 6.43 Å². The van der Waals surface area contributed by atoms with Gasteiger partial charge in [0.15, 0.2) is 0 Å². The highest BCUT2D eigenvalue weighted by Crippen LogP contribution is 2.39. The number of pyridine rings is 1. The number of halogens is 5. The van der Waals surface area contributed by atoms with Gasteiger partial charge < -0.3 is 14.7 Å². The van der Waals surface area contributed by atoms with Crippen molar-refractivity contribution >= 4 is 17.4 Å². The lowest BCUT2D eigenvalue weighted by Crippen LogP contribution is -2.45. The van der Waals surface area contributed by atoms with Crippen molar-refractivity contribution in [1.82, 2.24) is 9.88 Å². The van der Waals surface area contributed by atoms with Gasteiger partial charge in [-0.05, 0) is 68.8 Å². The molecule has 1 aromatic heterocycles. The fraction of sp³-hybridized carbons (Fsp3) is 0.400. The van der Waals surface area contributed by atoms with Crippen LogP contribution in [-0.2, 0) is 16.4 Å². The number of hydrogen-bond donors (Lipinski definition) is 0. The third kappa shape index (κ3) is 5.96. The maximum Gasteiger partial charge on any atom is 0.416 e. The zero-order valence-corrected chi connectivity index (χ0v) is 23.2. The second-order valence-electron chi connectivity index (χ2n) is 10.8. The smallest absolute Gasteiger partial charge is 0.354 e. The molecular weight excluding hydrogens is 527 g/mol. The number of carbonyl (C=O) groups is 1. The standard InChI is InChI=1S/C30H33F5N4O/c1-19-8-6-7-9-23(19)24-17-26(39-12-10-37(4)11-13-39)36-18-25(24)38(5)28(40)29(2,3)21-14-20(27(31)32)15-22(16-21)30(33,34)35/h6-9,14-18,27H,10-13H2,1-5H3. The fourth-order valence-electron chi connectivity index (χ4n) is 4.96. The van der Waals surface area contributed by atoms with E-state index in [0.717, 1.165) is 60.8 Å². The Morgan fingerprint density at radius 2 is 1.57 bits per heavy atom. The van der Waals surface area contributed by atoms with Crippen LogP contribution < -0.4 is 9.80 Å². The monoisotopic (exact) mass is 560 g/mol. The highest BCUT2D eigenvalue weighted by Gasteiger charge is 2.38. The Kier molecular flexibility index (Phi) is 8.21. The molecule has 0 saturated carbocycles. The molecule has 10 heteroatoms. The SMILES string of the molecule is Cc1ccccc1-c1cc(N2CCN(C)CC2)ncc1N(C)C(=O)C(C)(C)c1cc(C(F)F)cc(C(F)(F)F)c1. The molecule has 0 N–H and O–H groups in total. The van der Waals surface area contributed by atoms with Gasteiger partial charge >= 0.3 is 6.18 Å². The average molecular weight is 561 g/mol. The minimum atomic E-state index is -4.84. The number of benzene rings is 2. The van der Waals surface area contributed by atoms with Crippen molar-refractivity contribution in [2.75, 3.05) is 50.1 Å². The van der Waals surface area contributed by atoms with E-state index in [1.807, 2.05) is 37.3 Å². The Labute approximate surface area is 231 Å². The Morgan fingerprint density at radius 3 is 2.17 bits per heavy atom. The Bertz CT molecular complexity index is 1380. The number of likely N-dealkylation sites (N-methyl/N-ethyl adjacent to an activating group) is 2. The second-order valence-corrected chi connectivity index (χ2v) is 10.8. The van der Waals surface area contributed by atoms with Crippen molar-refractivity contribution in [2.24, 2.45) is 0 Å². The number of aryl methyl sites for hydroxylation is 1.